The molecular formula is C19H29N3O4. The molecule has 2 amide bonds. The van der Waals surface area contributed by atoms with Crippen LogP contribution in [0.4, 0.5) is 0 Å². The summed E-state index contributed by atoms with van der Waals surface area (Å²) in [6.07, 6.45) is 2.81. The standard InChI is InChI=1S/C19H29N3O4/c1-4-22-11-5-6-15(22)13-21-19(24)18(23)20-10-9-14-7-8-16(25-2)17(12-14)26-3/h7-8,12,15H,4-6,9-11,13H2,1-3H3,(H,20,23)(H,21,24)/t15-/m0/s1. The fourth-order valence-electron chi connectivity index (χ4n) is 3.27. The van der Waals surface area contributed by atoms with Crippen LogP contribution in [-0.4, -0.2) is 63.2 Å². The van der Waals surface area contributed by atoms with Crippen molar-refractivity contribution in [1.29, 1.82) is 0 Å². The fraction of sp³-hybridized carbons (Fsp3) is 0.579. The van der Waals surface area contributed by atoms with Gasteiger partial charge in [0, 0.05) is 19.1 Å². The first kappa shape index (κ1) is 20.0. The van der Waals surface area contributed by atoms with Crippen molar-refractivity contribution in [3.05, 3.63) is 23.8 Å². The second-order valence-electron chi connectivity index (χ2n) is 6.33. The van der Waals surface area contributed by atoms with Gasteiger partial charge in [-0.3, -0.25) is 14.5 Å². The van der Waals surface area contributed by atoms with Gasteiger partial charge < -0.3 is 20.1 Å². The molecule has 0 saturated carbocycles. The van der Waals surface area contributed by atoms with E-state index in [-0.39, 0.29) is 0 Å². The van der Waals surface area contributed by atoms with Crippen molar-refractivity contribution >= 4 is 11.8 Å². The van der Waals surface area contributed by atoms with E-state index < -0.39 is 11.8 Å². The van der Waals surface area contributed by atoms with E-state index in [0.717, 1.165) is 31.5 Å². The second-order valence-corrected chi connectivity index (χ2v) is 6.33. The topological polar surface area (TPSA) is 79.9 Å². The molecule has 7 nitrogen and oxygen atoms in total. The maximum atomic E-state index is 11.9. The van der Waals surface area contributed by atoms with E-state index in [0.29, 0.717) is 37.1 Å². The molecule has 1 aliphatic heterocycles. The van der Waals surface area contributed by atoms with Crippen LogP contribution >= 0.6 is 0 Å². The zero-order valence-electron chi connectivity index (χ0n) is 15.8. The highest BCUT2D eigenvalue weighted by molar-refractivity contribution is 6.35. The largest absolute Gasteiger partial charge is 0.493 e. The summed E-state index contributed by atoms with van der Waals surface area (Å²) >= 11 is 0. The summed E-state index contributed by atoms with van der Waals surface area (Å²) in [5.41, 5.74) is 0.993. The molecular weight excluding hydrogens is 334 g/mol. The SMILES string of the molecule is CCN1CCC[C@H]1CNC(=O)C(=O)NCCc1ccc(OC)c(OC)c1. The number of benzene rings is 1. The number of likely N-dealkylation sites (tertiary alicyclic amines) is 1. The van der Waals surface area contributed by atoms with Gasteiger partial charge in [0.15, 0.2) is 11.5 Å². The molecule has 1 heterocycles. The Morgan fingerprint density at radius 2 is 1.88 bits per heavy atom. The summed E-state index contributed by atoms with van der Waals surface area (Å²) in [7, 11) is 3.17. The van der Waals surface area contributed by atoms with Crippen LogP contribution in [0.25, 0.3) is 0 Å². The Kier molecular flexibility index (Phi) is 7.72. The number of carbonyl (C=O) groups excluding carboxylic acids is 2. The normalized spacial score (nSPS) is 17.0. The highest BCUT2D eigenvalue weighted by atomic mass is 16.5. The number of hydrogen-bond acceptors (Lipinski definition) is 5. The van der Waals surface area contributed by atoms with E-state index in [4.69, 9.17) is 9.47 Å². The molecule has 1 saturated heterocycles. The first-order valence-electron chi connectivity index (χ1n) is 9.10. The molecule has 144 valence electrons. The summed E-state index contributed by atoms with van der Waals surface area (Å²) in [5.74, 6) is 0.144. The molecule has 0 aromatic heterocycles. The summed E-state index contributed by atoms with van der Waals surface area (Å²) in [5, 5.41) is 5.40. The number of likely N-dealkylation sites (N-methyl/N-ethyl adjacent to an activating group) is 1. The average molecular weight is 363 g/mol. The second kappa shape index (κ2) is 10.0. The Balaban J connectivity index is 1.73. The van der Waals surface area contributed by atoms with Crippen molar-refractivity contribution in [3.63, 3.8) is 0 Å². The molecule has 1 aromatic carbocycles. The molecule has 2 rings (SSSR count). The zero-order valence-corrected chi connectivity index (χ0v) is 15.8. The van der Waals surface area contributed by atoms with Gasteiger partial charge >= 0.3 is 11.8 Å². The van der Waals surface area contributed by atoms with Gasteiger partial charge in [-0.15, -0.1) is 0 Å². The van der Waals surface area contributed by atoms with Crippen LogP contribution in [0.5, 0.6) is 11.5 Å². The predicted molar refractivity (Wildman–Crippen MR) is 99.5 cm³/mol. The summed E-state index contributed by atoms with van der Waals surface area (Å²) in [6, 6.07) is 5.94. The van der Waals surface area contributed by atoms with Crippen LogP contribution < -0.4 is 20.1 Å². The maximum Gasteiger partial charge on any atom is 0.309 e. The molecule has 0 radical (unpaired) electrons. The fourth-order valence-corrected chi connectivity index (χ4v) is 3.27. The van der Waals surface area contributed by atoms with Crippen LogP contribution in [0.1, 0.15) is 25.3 Å². The molecule has 0 unspecified atom stereocenters. The molecule has 7 heteroatoms. The number of carbonyl (C=O) groups is 2. The minimum atomic E-state index is -0.591. The first-order chi connectivity index (χ1) is 12.6. The van der Waals surface area contributed by atoms with Gasteiger partial charge in [-0.2, -0.15) is 0 Å². The third-order valence-electron chi connectivity index (χ3n) is 4.76. The molecule has 1 fully saturated rings. The van der Waals surface area contributed by atoms with E-state index in [1.54, 1.807) is 14.2 Å². The lowest BCUT2D eigenvalue weighted by atomic mass is 10.1. The molecule has 1 aromatic rings. The van der Waals surface area contributed by atoms with Crippen molar-refractivity contribution in [2.24, 2.45) is 0 Å². The van der Waals surface area contributed by atoms with Gasteiger partial charge in [-0.25, -0.2) is 0 Å². The molecule has 1 atom stereocenters. The zero-order chi connectivity index (χ0) is 18.9. The summed E-state index contributed by atoms with van der Waals surface area (Å²) in [6.45, 7) is 5.05. The number of amides is 2. The smallest absolute Gasteiger partial charge is 0.309 e. The van der Waals surface area contributed by atoms with Crippen molar-refractivity contribution in [1.82, 2.24) is 15.5 Å². The summed E-state index contributed by atoms with van der Waals surface area (Å²) in [4.78, 5) is 26.2. The van der Waals surface area contributed by atoms with Crippen LogP contribution in [0.2, 0.25) is 0 Å². The van der Waals surface area contributed by atoms with Gasteiger partial charge in [0.05, 0.1) is 14.2 Å². The quantitative estimate of drug-likeness (QED) is 0.673. The lowest BCUT2D eigenvalue weighted by Crippen LogP contribution is -2.45. The number of hydrogen-bond donors (Lipinski definition) is 2. The highest BCUT2D eigenvalue weighted by Crippen LogP contribution is 2.27. The Morgan fingerprint density at radius 1 is 1.15 bits per heavy atom. The molecule has 26 heavy (non-hydrogen) atoms. The third kappa shape index (κ3) is 5.36. The van der Waals surface area contributed by atoms with E-state index in [2.05, 4.69) is 22.5 Å². The first-order valence-corrected chi connectivity index (χ1v) is 9.10. The lowest BCUT2D eigenvalue weighted by Gasteiger charge is -2.22. The van der Waals surface area contributed by atoms with Crippen LogP contribution in [0.3, 0.4) is 0 Å². The Hall–Kier alpha value is -2.28. The van der Waals surface area contributed by atoms with E-state index >= 15 is 0 Å². The van der Waals surface area contributed by atoms with Gasteiger partial charge in [-0.05, 0) is 50.0 Å². The van der Waals surface area contributed by atoms with Crippen LogP contribution in [0, 0.1) is 0 Å². The van der Waals surface area contributed by atoms with E-state index in [1.807, 2.05) is 18.2 Å². The van der Waals surface area contributed by atoms with Crippen molar-refractivity contribution < 1.29 is 19.1 Å². The van der Waals surface area contributed by atoms with Gasteiger partial charge in [0.1, 0.15) is 0 Å². The molecule has 0 aliphatic carbocycles. The minimum absolute atomic E-state index is 0.337. The number of methoxy groups -OCH3 is 2. The van der Waals surface area contributed by atoms with Gasteiger partial charge in [0.2, 0.25) is 0 Å². The number of rotatable bonds is 8. The molecule has 1 aliphatic rings. The third-order valence-corrected chi connectivity index (χ3v) is 4.76. The van der Waals surface area contributed by atoms with Crippen LogP contribution in [-0.2, 0) is 16.0 Å². The average Bonchev–Trinajstić information content (AvgIpc) is 3.13. The van der Waals surface area contributed by atoms with Crippen molar-refractivity contribution in [2.45, 2.75) is 32.2 Å². The minimum Gasteiger partial charge on any atom is -0.493 e. The molecule has 0 bridgehead atoms. The Bertz CT molecular complexity index is 621. The van der Waals surface area contributed by atoms with Crippen molar-refractivity contribution in [2.75, 3.05) is 40.4 Å². The number of nitrogens with zero attached hydrogens (tertiary/aromatic N) is 1. The number of ether oxygens (including phenoxy) is 2. The Labute approximate surface area is 155 Å². The Morgan fingerprint density at radius 3 is 2.58 bits per heavy atom. The molecule has 2 N–H and O–H groups in total. The highest BCUT2D eigenvalue weighted by Gasteiger charge is 2.24. The number of nitrogens with one attached hydrogen (secondary N) is 2. The molecule has 0 spiro atoms. The maximum absolute atomic E-state index is 11.9. The lowest BCUT2D eigenvalue weighted by molar-refractivity contribution is -0.139. The van der Waals surface area contributed by atoms with Crippen molar-refractivity contribution in [3.8, 4) is 11.5 Å². The summed E-state index contributed by atoms with van der Waals surface area (Å²) < 4.78 is 10.5. The van der Waals surface area contributed by atoms with Crippen LogP contribution in [0.15, 0.2) is 18.2 Å². The van der Waals surface area contributed by atoms with Gasteiger partial charge in [-0.1, -0.05) is 13.0 Å². The van der Waals surface area contributed by atoms with E-state index in [9.17, 15) is 9.59 Å². The van der Waals surface area contributed by atoms with E-state index in [1.165, 1.54) is 0 Å². The van der Waals surface area contributed by atoms with Gasteiger partial charge in [0.25, 0.3) is 0 Å². The predicted octanol–water partition coefficient (Wildman–Crippen LogP) is 0.963. The monoisotopic (exact) mass is 363 g/mol.